The van der Waals surface area contributed by atoms with E-state index < -0.39 is 0 Å². The van der Waals surface area contributed by atoms with Crippen molar-refractivity contribution in [3.8, 4) is 0 Å². The lowest BCUT2D eigenvalue weighted by Crippen LogP contribution is -2.15. The molecule has 0 saturated heterocycles. The molecule has 0 aromatic carbocycles. The van der Waals surface area contributed by atoms with Crippen molar-refractivity contribution < 1.29 is 0 Å². The molecule has 0 amide bonds. The van der Waals surface area contributed by atoms with Crippen molar-refractivity contribution in [2.75, 3.05) is 0 Å². The first-order chi connectivity index (χ1) is 6.69. The van der Waals surface area contributed by atoms with Crippen LogP contribution in [0.2, 0.25) is 0 Å². The normalized spacial score (nSPS) is 13.5. The van der Waals surface area contributed by atoms with Gasteiger partial charge in [-0.15, -0.1) is 0 Å². The Kier molecular flexibility index (Phi) is 4.14. The van der Waals surface area contributed by atoms with E-state index in [-0.39, 0.29) is 6.04 Å². The highest BCUT2D eigenvalue weighted by atomic mass is 15.1. The van der Waals surface area contributed by atoms with Crippen LogP contribution in [0.15, 0.2) is 12.5 Å². The van der Waals surface area contributed by atoms with Crippen LogP contribution in [0.3, 0.4) is 0 Å². The van der Waals surface area contributed by atoms with Gasteiger partial charge < -0.3 is 10.3 Å². The molecule has 3 heteroatoms. The predicted molar refractivity (Wildman–Crippen MR) is 58.9 cm³/mol. The number of rotatable bonds is 5. The van der Waals surface area contributed by atoms with Gasteiger partial charge in [0.2, 0.25) is 0 Å². The monoisotopic (exact) mass is 195 g/mol. The van der Waals surface area contributed by atoms with E-state index in [0.717, 1.165) is 18.2 Å². The molecule has 0 fully saturated rings. The maximum atomic E-state index is 5.86. The maximum Gasteiger partial charge on any atom is 0.0948 e. The van der Waals surface area contributed by atoms with Gasteiger partial charge in [0, 0.05) is 18.8 Å². The first-order valence-corrected chi connectivity index (χ1v) is 5.44. The summed E-state index contributed by atoms with van der Waals surface area (Å²) in [6.07, 6.45) is 6.18. The summed E-state index contributed by atoms with van der Waals surface area (Å²) in [5, 5.41) is 0. The van der Waals surface area contributed by atoms with Gasteiger partial charge in [-0.25, -0.2) is 4.98 Å². The quantitative estimate of drug-likeness (QED) is 0.783. The van der Waals surface area contributed by atoms with Gasteiger partial charge >= 0.3 is 0 Å². The van der Waals surface area contributed by atoms with Crippen LogP contribution in [0, 0.1) is 5.92 Å². The van der Waals surface area contributed by atoms with E-state index in [1.54, 1.807) is 0 Å². The SMILES string of the molecule is CCC(CC)Cn1cncc1[C@@H](C)N. The molecule has 0 aliphatic carbocycles. The van der Waals surface area contributed by atoms with Gasteiger partial charge in [-0.2, -0.15) is 0 Å². The van der Waals surface area contributed by atoms with Crippen molar-refractivity contribution in [1.29, 1.82) is 0 Å². The van der Waals surface area contributed by atoms with Crippen molar-refractivity contribution in [2.45, 2.75) is 46.2 Å². The van der Waals surface area contributed by atoms with Crippen LogP contribution in [-0.4, -0.2) is 9.55 Å². The highest BCUT2D eigenvalue weighted by Crippen LogP contribution is 2.15. The van der Waals surface area contributed by atoms with Crippen LogP contribution in [0.1, 0.15) is 45.3 Å². The average Bonchev–Trinajstić information content (AvgIpc) is 2.62. The number of hydrogen-bond donors (Lipinski definition) is 1. The van der Waals surface area contributed by atoms with Gasteiger partial charge in [0.15, 0.2) is 0 Å². The van der Waals surface area contributed by atoms with Crippen LogP contribution in [-0.2, 0) is 6.54 Å². The highest BCUT2D eigenvalue weighted by molar-refractivity contribution is 5.03. The van der Waals surface area contributed by atoms with Crippen LogP contribution in [0.25, 0.3) is 0 Å². The van der Waals surface area contributed by atoms with E-state index in [4.69, 9.17) is 5.73 Å². The molecule has 3 nitrogen and oxygen atoms in total. The third-order valence-electron chi connectivity index (χ3n) is 2.82. The second-order valence-corrected chi connectivity index (χ2v) is 3.94. The van der Waals surface area contributed by atoms with Gasteiger partial charge in [-0.1, -0.05) is 26.7 Å². The van der Waals surface area contributed by atoms with Crippen LogP contribution in [0.4, 0.5) is 0 Å². The first kappa shape index (κ1) is 11.2. The summed E-state index contributed by atoms with van der Waals surface area (Å²) in [5.41, 5.74) is 6.99. The molecule has 0 saturated carbocycles. The number of hydrogen-bond acceptors (Lipinski definition) is 2. The van der Waals surface area contributed by atoms with Gasteiger partial charge in [0.1, 0.15) is 0 Å². The fraction of sp³-hybridized carbons (Fsp3) is 0.727. The zero-order valence-corrected chi connectivity index (χ0v) is 9.40. The Morgan fingerprint density at radius 2 is 2.07 bits per heavy atom. The van der Waals surface area contributed by atoms with Crippen molar-refractivity contribution in [1.82, 2.24) is 9.55 Å². The molecule has 2 N–H and O–H groups in total. The largest absolute Gasteiger partial charge is 0.333 e. The number of aromatic nitrogens is 2. The minimum atomic E-state index is 0.0758. The van der Waals surface area contributed by atoms with E-state index in [2.05, 4.69) is 23.4 Å². The molecule has 0 spiro atoms. The number of nitrogens with two attached hydrogens (primary N) is 1. The topological polar surface area (TPSA) is 43.8 Å². The van der Waals surface area contributed by atoms with Crippen LogP contribution < -0.4 is 5.73 Å². The molecule has 14 heavy (non-hydrogen) atoms. The molecule has 1 aromatic heterocycles. The van der Waals surface area contributed by atoms with Gasteiger partial charge in [-0.05, 0) is 12.8 Å². The second kappa shape index (κ2) is 5.15. The molecular formula is C11H21N3. The number of nitrogens with zero attached hydrogens (tertiary/aromatic N) is 2. The Morgan fingerprint density at radius 3 is 2.57 bits per heavy atom. The minimum absolute atomic E-state index is 0.0758. The Balaban J connectivity index is 2.70. The molecule has 0 radical (unpaired) electrons. The van der Waals surface area contributed by atoms with Crippen LogP contribution in [0.5, 0.6) is 0 Å². The summed E-state index contributed by atoms with van der Waals surface area (Å²) in [4.78, 5) is 4.15. The Hall–Kier alpha value is -0.830. The Morgan fingerprint density at radius 1 is 1.43 bits per heavy atom. The van der Waals surface area contributed by atoms with Crippen molar-refractivity contribution in [3.63, 3.8) is 0 Å². The van der Waals surface area contributed by atoms with E-state index in [0.29, 0.717) is 0 Å². The molecule has 1 rings (SSSR count). The summed E-state index contributed by atoms with van der Waals surface area (Å²) >= 11 is 0. The van der Waals surface area contributed by atoms with E-state index in [1.807, 2.05) is 19.4 Å². The van der Waals surface area contributed by atoms with Crippen molar-refractivity contribution in [2.24, 2.45) is 11.7 Å². The molecular weight excluding hydrogens is 174 g/mol. The smallest absolute Gasteiger partial charge is 0.0948 e. The third-order valence-corrected chi connectivity index (χ3v) is 2.82. The molecule has 0 bridgehead atoms. The Labute approximate surface area is 86.3 Å². The van der Waals surface area contributed by atoms with Crippen molar-refractivity contribution >= 4 is 0 Å². The van der Waals surface area contributed by atoms with E-state index in [9.17, 15) is 0 Å². The summed E-state index contributed by atoms with van der Waals surface area (Å²) in [5.74, 6) is 0.738. The molecule has 0 aliphatic rings. The number of imidazole rings is 1. The Bertz CT molecular complexity index is 261. The standard InChI is InChI=1S/C11H21N3/c1-4-10(5-2)7-14-8-13-6-11(14)9(3)12/h6,8-10H,4-5,7,12H2,1-3H3/t9-/m1/s1. The molecule has 1 atom stereocenters. The minimum Gasteiger partial charge on any atom is -0.333 e. The molecule has 0 unspecified atom stereocenters. The molecule has 1 aromatic rings. The summed E-state index contributed by atoms with van der Waals surface area (Å²) < 4.78 is 2.18. The lowest BCUT2D eigenvalue weighted by Gasteiger charge is -2.16. The second-order valence-electron chi connectivity index (χ2n) is 3.94. The van der Waals surface area contributed by atoms with Gasteiger partial charge in [0.05, 0.1) is 12.0 Å². The lowest BCUT2D eigenvalue weighted by atomic mass is 10.0. The molecule has 1 heterocycles. The summed E-state index contributed by atoms with van der Waals surface area (Å²) in [6, 6.07) is 0.0758. The van der Waals surface area contributed by atoms with Gasteiger partial charge in [0.25, 0.3) is 0 Å². The fourth-order valence-electron chi connectivity index (χ4n) is 1.69. The first-order valence-electron chi connectivity index (χ1n) is 5.44. The van der Waals surface area contributed by atoms with Gasteiger partial charge in [-0.3, -0.25) is 0 Å². The van der Waals surface area contributed by atoms with Crippen molar-refractivity contribution in [3.05, 3.63) is 18.2 Å². The average molecular weight is 195 g/mol. The molecule has 80 valence electrons. The molecule has 0 aliphatic heterocycles. The summed E-state index contributed by atoms with van der Waals surface area (Å²) in [7, 11) is 0. The lowest BCUT2D eigenvalue weighted by molar-refractivity contribution is 0.408. The zero-order chi connectivity index (χ0) is 10.6. The highest BCUT2D eigenvalue weighted by Gasteiger charge is 2.10. The fourth-order valence-corrected chi connectivity index (χ4v) is 1.69. The summed E-state index contributed by atoms with van der Waals surface area (Å²) in [6.45, 7) is 7.51. The maximum absolute atomic E-state index is 5.86. The zero-order valence-electron chi connectivity index (χ0n) is 9.40. The van der Waals surface area contributed by atoms with Crippen LogP contribution >= 0.6 is 0 Å². The van der Waals surface area contributed by atoms with E-state index in [1.165, 1.54) is 12.8 Å². The predicted octanol–water partition coefficient (Wildman–Crippen LogP) is 2.34. The van der Waals surface area contributed by atoms with E-state index >= 15 is 0 Å². The third kappa shape index (κ3) is 2.58.